The van der Waals surface area contributed by atoms with E-state index in [4.69, 9.17) is 14.2 Å². The number of hydrogen-bond acceptors (Lipinski definition) is 5. The largest absolute Gasteiger partial charge is 0.481 e. The van der Waals surface area contributed by atoms with Gasteiger partial charge in [-0.25, -0.2) is 9.18 Å². The highest BCUT2D eigenvalue weighted by Gasteiger charge is 2.38. The van der Waals surface area contributed by atoms with Gasteiger partial charge >= 0.3 is 11.9 Å². The van der Waals surface area contributed by atoms with E-state index in [9.17, 15) is 22.4 Å². The molecule has 1 unspecified atom stereocenters. The first-order chi connectivity index (χ1) is 15.2. The van der Waals surface area contributed by atoms with E-state index < -0.39 is 30.1 Å². The zero-order valence-electron chi connectivity index (χ0n) is 17.8. The SMILES string of the molecule is C=Cc1cc(F)c(-n2nc(COC3CCCCO3)n(CC)c2=O)cc1O[C@@H](C)C(F)(F)F. The molecule has 0 radical (unpaired) electrons. The number of benzene rings is 1. The van der Waals surface area contributed by atoms with Crippen LogP contribution in [-0.4, -0.2) is 39.5 Å². The lowest BCUT2D eigenvalue weighted by molar-refractivity contribution is -0.189. The van der Waals surface area contributed by atoms with E-state index in [2.05, 4.69) is 11.7 Å². The minimum absolute atomic E-state index is 0.0170. The monoisotopic (exact) mass is 459 g/mol. The van der Waals surface area contributed by atoms with E-state index in [0.29, 0.717) is 13.0 Å². The number of aromatic nitrogens is 3. The highest BCUT2D eigenvalue weighted by atomic mass is 19.4. The molecule has 32 heavy (non-hydrogen) atoms. The van der Waals surface area contributed by atoms with Gasteiger partial charge in [0.15, 0.2) is 18.2 Å². The third kappa shape index (κ3) is 5.21. The highest BCUT2D eigenvalue weighted by Crippen LogP contribution is 2.31. The Morgan fingerprint density at radius 1 is 1.38 bits per heavy atom. The van der Waals surface area contributed by atoms with Crippen LogP contribution in [-0.2, 0) is 22.6 Å². The average molecular weight is 459 g/mol. The molecule has 3 rings (SSSR count). The third-order valence-electron chi connectivity index (χ3n) is 5.08. The number of nitrogens with zero attached hydrogens (tertiary/aromatic N) is 3. The van der Waals surface area contributed by atoms with Crippen molar-refractivity contribution in [2.24, 2.45) is 0 Å². The molecule has 11 heteroatoms. The van der Waals surface area contributed by atoms with Crippen LogP contribution in [0.3, 0.4) is 0 Å². The Labute approximate surface area is 182 Å². The molecule has 0 saturated carbocycles. The summed E-state index contributed by atoms with van der Waals surface area (Å²) in [5.74, 6) is -0.893. The molecule has 1 aromatic heterocycles. The molecule has 7 nitrogen and oxygen atoms in total. The fraction of sp³-hybridized carbons (Fsp3) is 0.524. The summed E-state index contributed by atoms with van der Waals surface area (Å²) in [6.45, 7) is 6.80. The second kappa shape index (κ2) is 9.86. The van der Waals surface area contributed by atoms with Crippen LogP contribution in [0.2, 0.25) is 0 Å². The van der Waals surface area contributed by atoms with Crippen molar-refractivity contribution in [1.82, 2.24) is 14.3 Å². The Balaban J connectivity index is 1.95. The van der Waals surface area contributed by atoms with E-state index in [1.54, 1.807) is 6.92 Å². The van der Waals surface area contributed by atoms with Crippen LogP contribution in [0.1, 0.15) is 44.5 Å². The van der Waals surface area contributed by atoms with Crippen LogP contribution >= 0.6 is 0 Å². The lowest BCUT2D eigenvalue weighted by atomic mass is 10.1. The van der Waals surface area contributed by atoms with E-state index in [-0.39, 0.29) is 36.0 Å². The summed E-state index contributed by atoms with van der Waals surface area (Å²) < 4.78 is 71.9. The lowest BCUT2D eigenvalue weighted by Gasteiger charge is -2.22. The van der Waals surface area contributed by atoms with Crippen LogP contribution < -0.4 is 10.4 Å². The summed E-state index contributed by atoms with van der Waals surface area (Å²) in [5.41, 5.74) is -0.980. The Hall–Kier alpha value is -2.66. The maximum absolute atomic E-state index is 14.8. The van der Waals surface area contributed by atoms with Crippen molar-refractivity contribution in [1.29, 1.82) is 0 Å². The number of alkyl halides is 3. The fourth-order valence-corrected chi connectivity index (χ4v) is 3.27. The molecule has 2 heterocycles. The molecule has 0 N–H and O–H groups in total. The van der Waals surface area contributed by atoms with Gasteiger partial charge in [-0.2, -0.15) is 17.9 Å². The number of hydrogen-bond donors (Lipinski definition) is 0. The maximum atomic E-state index is 14.8. The summed E-state index contributed by atoms with van der Waals surface area (Å²) in [6.07, 6.45) is -3.40. The molecule has 1 aromatic carbocycles. The van der Waals surface area contributed by atoms with E-state index in [1.807, 2.05) is 0 Å². The van der Waals surface area contributed by atoms with Gasteiger partial charge in [0.25, 0.3) is 0 Å². The van der Waals surface area contributed by atoms with Gasteiger partial charge in [-0.05, 0) is 39.2 Å². The molecule has 1 saturated heterocycles. The highest BCUT2D eigenvalue weighted by molar-refractivity contribution is 5.59. The molecule has 1 fully saturated rings. The Bertz CT molecular complexity index is 1010. The first kappa shape index (κ1) is 24.0. The van der Waals surface area contributed by atoms with Crippen LogP contribution in [0.4, 0.5) is 17.6 Å². The van der Waals surface area contributed by atoms with Gasteiger partial charge in [-0.1, -0.05) is 12.7 Å². The van der Waals surface area contributed by atoms with Crippen molar-refractivity contribution in [2.45, 2.75) is 64.8 Å². The molecule has 176 valence electrons. The molecule has 2 atom stereocenters. The van der Waals surface area contributed by atoms with Crippen LogP contribution in [0.15, 0.2) is 23.5 Å². The van der Waals surface area contributed by atoms with E-state index >= 15 is 0 Å². The van der Waals surface area contributed by atoms with Crippen molar-refractivity contribution < 1.29 is 31.8 Å². The second-order valence-corrected chi connectivity index (χ2v) is 7.31. The first-order valence-corrected chi connectivity index (χ1v) is 10.3. The zero-order chi connectivity index (χ0) is 23.5. The predicted molar refractivity (Wildman–Crippen MR) is 108 cm³/mol. The molecular formula is C21H25F4N3O4. The van der Waals surface area contributed by atoms with Crippen molar-refractivity contribution in [2.75, 3.05) is 6.61 Å². The molecule has 1 aliphatic heterocycles. The number of halogens is 4. The maximum Gasteiger partial charge on any atom is 0.425 e. The van der Waals surface area contributed by atoms with Gasteiger partial charge in [0.1, 0.15) is 23.9 Å². The minimum atomic E-state index is -4.63. The standard InChI is InChI=1S/C21H25F4N3O4/c1-4-14-10-15(22)16(11-17(14)32-13(3)21(23,24)25)28-20(29)27(5-2)18(26-28)12-31-19-8-6-7-9-30-19/h4,10-11,13,19H,1,5-9,12H2,2-3H3/t13-,19?/m0/s1. The summed E-state index contributed by atoms with van der Waals surface area (Å²) in [4.78, 5) is 12.8. The van der Waals surface area contributed by atoms with Crippen LogP contribution in [0.5, 0.6) is 5.75 Å². The quantitative estimate of drug-likeness (QED) is 0.554. The first-order valence-electron chi connectivity index (χ1n) is 10.3. The summed E-state index contributed by atoms with van der Waals surface area (Å²) in [7, 11) is 0. The summed E-state index contributed by atoms with van der Waals surface area (Å²) >= 11 is 0. The van der Waals surface area contributed by atoms with Crippen molar-refractivity contribution in [3.8, 4) is 11.4 Å². The zero-order valence-corrected chi connectivity index (χ0v) is 17.8. The normalized spacial score (nSPS) is 17.9. The van der Waals surface area contributed by atoms with Gasteiger partial charge in [-0.15, -0.1) is 5.10 Å². The van der Waals surface area contributed by atoms with Crippen LogP contribution in [0, 0.1) is 5.82 Å². The van der Waals surface area contributed by atoms with Crippen molar-refractivity contribution in [3.63, 3.8) is 0 Å². The van der Waals surface area contributed by atoms with Gasteiger partial charge in [0, 0.05) is 24.8 Å². The molecule has 0 aliphatic carbocycles. The lowest BCUT2D eigenvalue weighted by Crippen LogP contribution is -2.31. The van der Waals surface area contributed by atoms with Gasteiger partial charge < -0.3 is 14.2 Å². The number of rotatable bonds is 8. The molecule has 0 amide bonds. The molecular weight excluding hydrogens is 434 g/mol. The Morgan fingerprint density at radius 2 is 2.12 bits per heavy atom. The molecule has 2 aromatic rings. The third-order valence-corrected chi connectivity index (χ3v) is 5.08. The summed E-state index contributed by atoms with van der Waals surface area (Å²) in [6, 6.07) is 1.96. The van der Waals surface area contributed by atoms with E-state index in [1.165, 1.54) is 10.6 Å². The Kier molecular flexibility index (Phi) is 7.40. The fourth-order valence-electron chi connectivity index (χ4n) is 3.27. The smallest absolute Gasteiger partial charge is 0.425 e. The van der Waals surface area contributed by atoms with Gasteiger partial charge in [0.2, 0.25) is 0 Å². The molecule has 0 bridgehead atoms. The molecule has 1 aliphatic rings. The topological polar surface area (TPSA) is 67.5 Å². The van der Waals surface area contributed by atoms with Crippen molar-refractivity contribution >= 4 is 6.08 Å². The molecule has 0 spiro atoms. The average Bonchev–Trinajstić information content (AvgIpc) is 3.08. The van der Waals surface area contributed by atoms with Crippen LogP contribution in [0.25, 0.3) is 11.8 Å². The summed E-state index contributed by atoms with van der Waals surface area (Å²) in [5, 5.41) is 4.16. The second-order valence-electron chi connectivity index (χ2n) is 7.31. The van der Waals surface area contributed by atoms with Crippen molar-refractivity contribution in [3.05, 3.63) is 46.4 Å². The minimum Gasteiger partial charge on any atom is -0.481 e. The van der Waals surface area contributed by atoms with E-state index in [0.717, 1.165) is 36.6 Å². The Morgan fingerprint density at radius 3 is 2.72 bits per heavy atom. The number of ether oxygens (including phenoxy) is 3. The van der Waals surface area contributed by atoms with Gasteiger partial charge in [0.05, 0.1) is 0 Å². The predicted octanol–water partition coefficient (Wildman–Crippen LogP) is 4.21. The van der Waals surface area contributed by atoms with Gasteiger partial charge in [-0.3, -0.25) is 4.57 Å².